The van der Waals surface area contributed by atoms with Crippen LogP contribution in [-0.2, 0) is 9.59 Å². The molecule has 0 aromatic heterocycles. The van der Waals surface area contributed by atoms with Gasteiger partial charge in [-0.1, -0.05) is 20.8 Å². The van der Waals surface area contributed by atoms with Gasteiger partial charge in [0, 0.05) is 13.1 Å². The minimum absolute atomic E-state index is 0. The van der Waals surface area contributed by atoms with E-state index in [-0.39, 0.29) is 36.7 Å². The summed E-state index contributed by atoms with van der Waals surface area (Å²) < 4.78 is 0. The summed E-state index contributed by atoms with van der Waals surface area (Å²) in [5.74, 6) is 0.517. The summed E-state index contributed by atoms with van der Waals surface area (Å²) in [5, 5.41) is 2.62. The fourth-order valence-electron chi connectivity index (χ4n) is 1.95. The molecule has 6 heteroatoms. The van der Waals surface area contributed by atoms with Crippen LogP contribution in [0.25, 0.3) is 0 Å². The number of nitrogens with one attached hydrogen (secondary N) is 1. The molecule has 1 atom stereocenters. The molecule has 1 saturated heterocycles. The predicted molar refractivity (Wildman–Crippen MR) is 78.0 cm³/mol. The third-order valence-electron chi connectivity index (χ3n) is 3.57. The highest BCUT2D eigenvalue weighted by Crippen LogP contribution is 2.15. The zero-order chi connectivity index (χ0) is 13.7. The Balaban J connectivity index is 0.00000324. The van der Waals surface area contributed by atoms with Crippen molar-refractivity contribution in [3.8, 4) is 0 Å². The van der Waals surface area contributed by atoms with Crippen molar-refractivity contribution in [1.82, 2.24) is 10.2 Å². The first kappa shape index (κ1) is 18.2. The lowest BCUT2D eigenvalue weighted by Crippen LogP contribution is -2.49. The van der Waals surface area contributed by atoms with Crippen LogP contribution in [0.15, 0.2) is 0 Å². The number of hydrogen-bond donors (Lipinski definition) is 2. The third-order valence-corrected chi connectivity index (χ3v) is 3.57. The Kier molecular flexibility index (Phi) is 8.02. The fourth-order valence-corrected chi connectivity index (χ4v) is 1.95. The summed E-state index contributed by atoms with van der Waals surface area (Å²) in [6.07, 6.45) is 2.09. The number of carbonyl (C=O) groups excluding carboxylic acids is 2. The smallest absolute Gasteiger partial charge is 0.241 e. The number of hydrogen-bond acceptors (Lipinski definition) is 3. The lowest BCUT2D eigenvalue weighted by atomic mass is 9.99. The number of amides is 2. The van der Waals surface area contributed by atoms with E-state index in [0.29, 0.717) is 5.92 Å². The van der Waals surface area contributed by atoms with Gasteiger partial charge in [0.25, 0.3) is 0 Å². The molecule has 1 fully saturated rings. The zero-order valence-electron chi connectivity index (χ0n) is 12.0. The number of piperidine rings is 1. The number of carbonyl (C=O) groups is 2. The van der Waals surface area contributed by atoms with E-state index in [1.165, 1.54) is 0 Å². The maximum Gasteiger partial charge on any atom is 0.241 e. The molecule has 0 bridgehead atoms. The van der Waals surface area contributed by atoms with Crippen LogP contribution in [0.1, 0.15) is 33.6 Å². The Bertz CT molecular complexity index is 302. The minimum Gasteiger partial charge on any atom is -0.346 e. The van der Waals surface area contributed by atoms with Crippen LogP contribution in [0, 0.1) is 11.8 Å². The highest BCUT2D eigenvalue weighted by molar-refractivity contribution is 5.87. The lowest BCUT2D eigenvalue weighted by Gasteiger charge is -2.30. The van der Waals surface area contributed by atoms with Crippen molar-refractivity contribution in [2.75, 3.05) is 19.6 Å². The molecule has 0 radical (unpaired) electrons. The van der Waals surface area contributed by atoms with E-state index in [4.69, 9.17) is 5.73 Å². The SMILES string of the molecule is CC1CCN(C(=O)CNC(=O)[C@@H](N)C(C)C)CC1.Cl. The van der Waals surface area contributed by atoms with Gasteiger partial charge in [0.1, 0.15) is 0 Å². The second-order valence-electron chi connectivity index (χ2n) is 5.55. The Hall–Kier alpha value is -0.810. The van der Waals surface area contributed by atoms with E-state index in [9.17, 15) is 9.59 Å². The summed E-state index contributed by atoms with van der Waals surface area (Å²) in [4.78, 5) is 25.3. The quantitative estimate of drug-likeness (QED) is 0.803. The molecule has 0 unspecified atom stereocenters. The van der Waals surface area contributed by atoms with Gasteiger partial charge in [0.15, 0.2) is 0 Å². The van der Waals surface area contributed by atoms with Gasteiger partial charge < -0.3 is 16.0 Å². The van der Waals surface area contributed by atoms with Crippen molar-refractivity contribution in [2.45, 2.75) is 39.7 Å². The normalized spacial score (nSPS) is 17.8. The van der Waals surface area contributed by atoms with Crippen LogP contribution >= 0.6 is 12.4 Å². The molecule has 112 valence electrons. The number of halogens is 1. The largest absolute Gasteiger partial charge is 0.346 e. The molecular formula is C13H26ClN3O2. The standard InChI is InChI=1S/C13H25N3O2.ClH/c1-9(2)12(14)13(18)15-8-11(17)16-6-4-10(3)5-7-16;/h9-10,12H,4-8,14H2,1-3H3,(H,15,18);1H/t12-;/m0./s1. The average molecular weight is 292 g/mol. The summed E-state index contributed by atoms with van der Waals surface area (Å²) in [6.45, 7) is 7.63. The van der Waals surface area contributed by atoms with Crippen LogP contribution in [0.5, 0.6) is 0 Å². The van der Waals surface area contributed by atoms with Crippen LogP contribution in [0.4, 0.5) is 0 Å². The fraction of sp³-hybridized carbons (Fsp3) is 0.846. The molecule has 19 heavy (non-hydrogen) atoms. The maximum atomic E-state index is 11.9. The molecule has 0 aliphatic carbocycles. The first-order valence-corrected chi connectivity index (χ1v) is 6.73. The molecule has 2 amide bonds. The molecular weight excluding hydrogens is 266 g/mol. The maximum absolute atomic E-state index is 11.9. The third kappa shape index (κ3) is 5.78. The number of nitrogens with two attached hydrogens (primary N) is 1. The van der Waals surface area contributed by atoms with Gasteiger partial charge in [-0.25, -0.2) is 0 Å². The molecule has 1 aliphatic heterocycles. The van der Waals surface area contributed by atoms with E-state index in [2.05, 4.69) is 12.2 Å². The topological polar surface area (TPSA) is 75.4 Å². The van der Waals surface area contributed by atoms with Crippen molar-refractivity contribution < 1.29 is 9.59 Å². The van der Waals surface area contributed by atoms with Gasteiger partial charge in [-0.3, -0.25) is 9.59 Å². The van der Waals surface area contributed by atoms with E-state index in [0.717, 1.165) is 25.9 Å². The monoisotopic (exact) mass is 291 g/mol. The van der Waals surface area contributed by atoms with E-state index in [1.807, 2.05) is 18.7 Å². The second-order valence-corrected chi connectivity index (χ2v) is 5.55. The van der Waals surface area contributed by atoms with Crippen molar-refractivity contribution in [2.24, 2.45) is 17.6 Å². The number of nitrogens with zero attached hydrogens (tertiary/aromatic N) is 1. The Morgan fingerprint density at radius 3 is 2.32 bits per heavy atom. The summed E-state index contributed by atoms with van der Waals surface area (Å²) in [5.41, 5.74) is 5.71. The Morgan fingerprint density at radius 2 is 1.84 bits per heavy atom. The summed E-state index contributed by atoms with van der Waals surface area (Å²) >= 11 is 0. The molecule has 0 aromatic carbocycles. The highest BCUT2D eigenvalue weighted by atomic mass is 35.5. The molecule has 5 nitrogen and oxygen atoms in total. The molecule has 1 heterocycles. The van der Waals surface area contributed by atoms with Crippen molar-refractivity contribution in [1.29, 1.82) is 0 Å². The first-order valence-electron chi connectivity index (χ1n) is 6.73. The molecule has 3 N–H and O–H groups in total. The highest BCUT2D eigenvalue weighted by Gasteiger charge is 2.22. The van der Waals surface area contributed by atoms with Crippen LogP contribution in [-0.4, -0.2) is 42.4 Å². The zero-order valence-corrected chi connectivity index (χ0v) is 12.8. The van der Waals surface area contributed by atoms with Crippen molar-refractivity contribution in [3.05, 3.63) is 0 Å². The van der Waals surface area contributed by atoms with Gasteiger partial charge in [0.2, 0.25) is 11.8 Å². The van der Waals surface area contributed by atoms with Gasteiger partial charge in [-0.05, 0) is 24.7 Å². The van der Waals surface area contributed by atoms with E-state index in [1.54, 1.807) is 0 Å². The van der Waals surface area contributed by atoms with E-state index < -0.39 is 6.04 Å². The van der Waals surface area contributed by atoms with Gasteiger partial charge >= 0.3 is 0 Å². The number of likely N-dealkylation sites (tertiary alicyclic amines) is 1. The van der Waals surface area contributed by atoms with Gasteiger partial charge in [-0.15, -0.1) is 12.4 Å². The van der Waals surface area contributed by atoms with Crippen LogP contribution in [0.2, 0.25) is 0 Å². The molecule has 0 saturated carbocycles. The Morgan fingerprint density at radius 1 is 1.32 bits per heavy atom. The minimum atomic E-state index is -0.542. The first-order chi connectivity index (χ1) is 8.41. The van der Waals surface area contributed by atoms with Gasteiger partial charge in [-0.2, -0.15) is 0 Å². The van der Waals surface area contributed by atoms with Gasteiger partial charge in [0.05, 0.1) is 12.6 Å². The summed E-state index contributed by atoms with van der Waals surface area (Å²) in [7, 11) is 0. The van der Waals surface area contributed by atoms with Crippen molar-refractivity contribution in [3.63, 3.8) is 0 Å². The second kappa shape index (κ2) is 8.38. The van der Waals surface area contributed by atoms with Crippen LogP contribution < -0.4 is 11.1 Å². The lowest BCUT2D eigenvalue weighted by molar-refractivity contribution is -0.134. The van der Waals surface area contributed by atoms with Crippen molar-refractivity contribution >= 4 is 24.2 Å². The number of rotatable bonds is 4. The Labute approximate surface area is 121 Å². The molecule has 0 aromatic rings. The molecule has 0 spiro atoms. The summed E-state index contributed by atoms with van der Waals surface area (Å²) in [6, 6.07) is -0.542. The van der Waals surface area contributed by atoms with Crippen LogP contribution in [0.3, 0.4) is 0 Å². The average Bonchev–Trinajstić information content (AvgIpc) is 2.35. The molecule has 1 aliphatic rings. The van der Waals surface area contributed by atoms with E-state index >= 15 is 0 Å². The molecule has 1 rings (SSSR count). The predicted octanol–water partition coefficient (Wildman–Crippen LogP) is 0.766.